The summed E-state index contributed by atoms with van der Waals surface area (Å²) in [7, 11) is 0. The Kier molecular flexibility index (Phi) is 7.18. The van der Waals surface area contributed by atoms with Crippen molar-refractivity contribution >= 4 is 12.2 Å². The lowest BCUT2D eigenvalue weighted by Crippen LogP contribution is -2.12. The minimum Gasteiger partial charge on any atom is -0.480 e. The van der Waals surface area contributed by atoms with Crippen LogP contribution < -0.4 is 0 Å². The molecule has 3 heteroatoms. The Balaban J connectivity index is 4.04. The summed E-state index contributed by atoms with van der Waals surface area (Å²) in [5.41, 5.74) is 2.53. The van der Waals surface area contributed by atoms with E-state index in [1.807, 2.05) is 13.0 Å². The summed E-state index contributed by atoms with van der Waals surface area (Å²) in [4.78, 5) is 14.4. The molecule has 0 spiro atoms. The number of rotatable bonds is 6. The molecule has 0 saturated heterocycles. The first-order chi connectivity index (χ1) is 7.43. The molecule has 3 nitrogen and oxygen atoms in total. The second-order valence-electron chi connectivity index (χ2n) is 4.15. The van der Waals surface area contributed by atoms with Crippen LogP contribution in [0.1, 0.15) is 40.5 Å². The minimum absolute atomic E-state index is 0.665. The molecule has 0 unspecified atom stereocenters. The maximum atomic E-state index is 10.5. The molecule has 90 valence electrons. The second-order valence-corrected chi connectivity index (χ2v) is 4.15. The maximum absolute atomic E-state index is 10.5. The Hall–Kier alpha value is -1.38. The third-order valence-electron chi connectivity index (χ3n) is 2.12. The monoisotopic (exact) mass is 223 g/mol. The van der Waals surface area contributed by atoms with Gasteiger partial charge < -0.3 is 5.11 Å². The molecule has 0 aromatic heterocycles. The number of allylic oxidation sites excluding steroid dienone is 4. The standard InChI is InChI=1S/C13H21NO2/c1-10(2)6-5-7-11(3)8-9-14-12(4)13(15)16/h6,8-9,12H,5,7H2,1-4H3,(H,15,16)/b11-8+,14-9?/t12-/m0/s1. The number of carbonyl (C=O) groups is 1. The zero-order chi connectivity index (χ0) is 12.6. The summed E-state index contributed by atoms with van der Waals surface area (Å²) < 4.78 is 0. The lowest BCUT2D eigenvalue weighted by Gasteiger charge is -1.98. The van der Waals surface area contributed by atoms with Crippen LogP contribution >= 0.6 is 0 Å². The first-order valence-corrected chi connectivity index (χ1v) is 5.48. The number of hydrogen-bond acceptors (Lipinski definition) is 2. The summed E-state index contributed by atoms with van der Waals surface area (Å²) in [6.07, 6.45) is 7.65. The first-order valence-electron chi connectivity index (χ1n) is 5.48. The smallest absolute Gasteiger partial charge is 0.328 e. The zero-order valence-electron chi connectivity index (χ0n) is 10.5. The Labute approximate surface area is 97.6 Å². The summed E-state index contributed by atoms with van der Waals surface area (Å²) in [5.74, 6) is -0.896. The van der Waals surface area contributed by atoms with Gasteiger partial charge in [0.15, 0.2) is 0 Å². The quantitative estimate of drug-likeness (QED) is 0.555. The molecule has 0 aliphatic carbocycles. The molecule has 0 fully saturated rings. The molecule has 0 amide bonds. The van der Waals surface area contributed by atoms with Gasteiger partial charge in [0.2, 0.25) is 0 Å². The van der Waals surface area contributed by atoms with E-state index in [1.54, 1.807) is 13.1 Å². The van der Waals surface area contributed by atoms with Crippen molar-refractivity contribution in [1.29, 1.82) is 0 Å². The van der Waals surface area contributed by atoms with Gasteiger partial charge >= 0.3 is 5.97 Å². The van der Waals surface area contributed by atoms with Gasteiger partial charge in [-0.05, 0) is 46.6 Å². The van der Waals surface area contributed by atoms with Gasteiger partial charge in [0, 0.05) is 6.21 Å². The van der Waals surface area contributed by atoms with Gasteiger partial charge in [0.1, 0.15) is 6.04 Å². The lowest BCUT2D eigenvalue weighted by atomic mass is 10.1. The number of nitrogens with zero attached hydrogens (tertiary/aromatic N) is 1. The topological polar surface area (TPSA) is 49.7 Å². The lowest BCUT2D eigenvalue weighted by molar-refractivity contribution is -0.137. The van der Waals surface area contributed by atoms with Crippen molar-refractivity contribution in [2.75, 3.05) is 0 Å². The van der Waals surface area contributed by atoms with Gasteiger partial charge in [-0.1, -0.05) is 17.2 Å². The van der Waals surface area contributed by atoms with Crippen LogP contribution in [-0.2, 0) is 4.79 Å². The van der Waals surface area contributed by atoms with E-state index in [-0.39, 0.29) is 0 Å². The first kappa shape index (κ1) is 14.6. The molecule has 0 aliphatic rings. The highest BCUT2D eigenvalue weighted by atomic mass is 16.4. The van der Waals surface area contributed by atoms with Crippen molar-refractivity contribution in [3.05, 3.63) is 23.3 Å². The molecule has 0 bridgehead atoms. The largest absolute Gasteiger partial charge is 0.480 e. The normalized spacial score (nSPS) is 13.9. The number of carboxylic acids is 1. The molecule has 0 radical (unpaired) electrons. The van der Waals surface area contributed by atoms with Crippen molar-refractivity contribution in [3.63, 3.8) is 0 Å². The number of aliphatic carboxylic acids is 1. The SMILES string of the molecule is CC(C)=CCC/C(C)=C/C=N[C@@H](C)C(=O)O. The van der Waals surface area contributed by atoms with Crippen LogP contribution in [0.5, 0.6) is 0 Å². The molecule has 1 atom stereocenters. The van der Waals surface area contributed by atoms with E-state index < -0.39 is 12.0 Å². The van der Waals surface area contributed by atoms with E-state index in [2.05, 4.69) is 24.9 Å². The Bertz CT molecular complexity index is 310. The summed E-state index contributed by atoms with van der Waals surface area (Å²) >= 11 is 0. The zero-order valence-corrected chi connectivity index (χ0v) is 10.5. The number of aliphatic imine (C=N–C) groups is 1. The van der Waals surface area contributed by atoms with Crippen molar-refractivity contribution in [3.8, 4) is 0 Å². The summed E-state index contributed by atoms with van der Waals surface area (Å²) in [6, 6.07) is -0.665. The highest BCUT2D eigenvalue weighted by Crippen LogP contribution is 2.05. The highest BCUT2D eigenvalue weighted by molar-refractivity contribution is 5.79. The summed E-state index contributed by atoms with van der Waals surface area (Å²) in [5, 5.41) is 8.61. The number of hydrogen-bond donors (Lipinski definition) is 1. The average molecular weight is 223 g/mol. The van der Waals surface area contributed by atoms with Gasteiger partial charge in [-0.25, -0.2) is 4.79 Å². The highest BCUT2D eigenvalue weighted by Gasteiger charge is 2.05. The van der Waals surface area contributed by atoms with Crippen molar-refractivity contribution in [1.82, 2.24) is 0 Å². The average Bonchev–Trinajstić information content (AvgIpc) is 2.16. The Morgan fingerprint density at radius 1 is 1.38 bits per heavy atom. The van der Waals surface area contributed by atoms with Crippen LogP contribution in [0.15, 0.2) is 28.3 Å². The number of carboxylic acid groups (broad SMARTS) is 1. The van der Waals surface area contributed by atoms with E-state index in [9.17, 15) is 4.79 Å². The van der Waals surface area contributed by atoms with E-state index >= 15 is 0 Å². The molecular weight excluding hydrogens is 202 g/mol. The van der Waals surface area contributed by atoms with Crippen molar-refractivity contribution in [2.24, 2.45) is 4.99 Å². The fourth-order valence-electron chi connectivity index (χ4n) is 1.03. The van der Waals surface area contributed by atoms with Crippen LogP contribution in [0.2, 0.25) is 0 Å². The van der Waals surface area contributed by atoms with Crippen LogP contribution in [-0.4, -0.2) is 23.3 Å². The van der Waals surface area contributed by atoms with E-state index in [0.29, 0.717) is 0 Å². The predicted octanol–water partition coefficient (Wildman–Crippen LogP) is 3.22. The van der Waals surface area contributed by atoms with Gasteiger partial charge in [-0.15, -0.1) is 0 Å². The van der Waals surface area contributed by atoms with Crippen LogP contribution in [0.25, 0.3) is 0 Å². The molecule has 0 aromatic rings. The fourth-order valence-corrected chi connectivity index (χ4v) is 1.03. The molecule has 1 N–H and O–H groups in total. The van der Waals surface area contributed by atoms with Gasteiger partial charge in [-0.2, -0.15) is 0 Å². The minimum atomic E-state index is -0.896. The third-order valence-corrected chi connectivity index (χ3v) is 2.12. The summed E-state index contributed by atoms with van der Waals surface area (Å²) in [6.45, 7) is 7.74. The molecule has 0 aromatic carbocycles. The maximum Gasteiger partial charge on any atom is 0.328 e. The second kappa shape index (κ2) is 7.85. The molecular formula is C13H21NO2. The molecule has 0 saturated carbocycles. The van der Waals surface area contributed by atoms with Crippen molar-refractivity contribution < 1.29 is 9.90 Å². The Morgan fingerprint density at radius 2 is 2.00 bits per heavy atom. The predicted molar refractivity (Wildman–Crippen MR) is 68.0 cm³/mol. The molecule has 16 heavy (non-hydrogen) atoms. The van der Waals surface area contributed by atoms with Crippen LogP contribution in [0, 0.1) is 0 Å². The molecule has 0 heterocycles. The van der Waals surface area contributed by atoms with Crippen LogP contribution in [0.3, 0.4) is 0 Å². The Morgan fingerprint density at radius 3 is 2.50 bits per heavy atom. The van der Waals surface area contributed by atoms with Crippen molar-refractivity contribution in [2.45, 2.75) is 46.6 Å². The van der Waals surface area contributed by atoms with Crippen LogP contribution in [0.4, 0.5) is 0 Å². The third kappa shape index (κ3) is 7.97. The fraction of sp³-hybridized carbons (Fsp3) is 0.538. The van der Waals surface area contributed by atoms with E-state index in [1.165, 1.54) is 11.1 Å². The molecule has 0 aliphatic heterocycles. The van der Waals surface area contributed by atoms with E-state index in [4.69, 9.17) is 5.11 Å². The van der Waals surface area contributed by atoms with E-state index in [0.717, 1.165) is 12.8 Å². The van der Waals surface area contributed by atoms with Gasteiger partial charge in [-0.3, -0.25) is 4.99 Å². The van der Waals surface area contributed by atoms with Gasteiger partial charge in [0.05, 0.1) is 0 Å². The van der Waals surface area contributed by atoms with Gasteiger partial charge in [0.25, 0.3) is 0 Å². The molecule has 0 rings (SSSR count).